The van der Waals surface area contributed by atoms with Gasteiger partial charge in [0.25, 0.3) is 0 Å². The van der Waals surface area contributed by atoms with Gasteiger partial charge in [0.2, 0.25) is 0 Å². The van der Waals surface area contributed by atoms with E-state index in [1.54, 1.807) is 0 Å². The average Bonchev–Trinajstić information content (AvgIpc) is 2.49. The molecule has 3 atom stereocenters. The van der Waals surface area contributed by atoms with E-state index in [1.807, 2.05) is 0 Å². The third kappa shape index (κ3) is 3.99. The van der Waals surface area contributed by atoms with Crippen LogP contribution in [0.4, 0.5) is 17.6 Å². The van der Waals surface area contributed by atoms with E-state index in [0.29, 0.717) is 32.6 Å². The molecular formula is C16H22F4O8S. The normalized spacial score (nSPS) is 36.7. The molecule has 0 amide bonds. The Morgan fingerprint density at radius 1 is 1.14 bits per heavy atom. The van der Waals surface area contributed by atoms with Crippen LogP contribution in [0.15, 0.2) is 0 Å². The molecule has 168 valence electrons. The van der Waals surface area contributed by atoms with Crippen LogP contribution in [0, 0.1) is 11.8 Å². The number of esters is 1. The Morgan fingerprint density at radius 3 is 2.10 bits per heavy atom. The molecule has 0 saturated heterocycles. The van der Waals surface area contributed by atoms with E-state index in [4.69, 9.17) is 9.29 Å². The number of halogens is 4. The topological polar surface area (TPSA) is 130 Å². The lowest BCUT2D eigenvalue weighted by Gasteiger charge is -2.59. The monoisotopic (exact) mass is 450 g/mol. The minimum atomic E-state index is -6.53. The predicted molar refractivity (Wildman–Crippen MR) is 86.5 cm³/mol. The van der Waals surface area contributed by atoms with Crippen molar-refractivity contribution in [1.29, 1.82) is 0 Å². The zero-order valence-corrected chi connectivity index (χ0v) is 16.2. The van der Waals surface area contributed by atoms with E-state index in [0.717, 1.165) is 6.42 Å². The Kier molecular flexibility index (Phi) is 5.07. The molecule has 4 saturated carbocycles. The molecule has 29 heavy (non-hydrogen) atoms. The number of alkyl halides is 4. The molecule has 3 unspecified atom stereocenters. The Hall–Kier alpha value is -1.02. The van der Waals surface area contributed by atoms with Crippen LogP contribution in [0.25, 0.3) is 0 Å². The highest BCUT2D eigenvalue weighted by Crippen LogP contribution is 2.59. The van der Waals surface area contributed by atoms with Crippen LogP contribution in [-0.4, -0.2) is 63.9 Å². The minimum Gasteiger partial charge on any atom is -0.457 e. The van der Waals surface area contributed by atoms with Crippen LogP contribution in [0.1, 0.15) is 45.4 Å². The van der Waals surface area contributed by atoms with Gasteiger partial charge in [-0.25, -0.2) is 4.79 Å². The molecule has 13 heteroatoms. The number of hydrogen-bond donors (Lipinski definition) is 3. The van der Waals surface area contributed by atoms with Crippen molar-refractivity contribution in [1.82, 2.24) is 0 Å². The molecule has 4 aliphatic rings. The summed E-state index contributed by atoms with van der Waals surface area (Å²) in [4.78, 5) is 12.4. The number of ether oxygens (including phenoxy) is 2. The van der Waals surface area contributed by atoms with Gasteiger partial charge in [0.05, 0.1) is 12.2 Å². The predicted octanol–water partition coefficient (Wildman–Crippen LogP) is 1.45. The van der Waals surface area contributed by atoms with Crippen LogP contribution in [-0.2, 0) is 24.4 Å². The maximum Gasteiger partial charge on any atom is 0.459 e. The van der Waals surface area contributed by atoms with Gasteiger partial charge in [0.1, 0.15) is 5.60 Å². The summed E-state index contributed by atoms with van der Waals surface area (Å²) in [6, 6.07) is 0. The summed E-state index contributed by atoms with van der Waals surface area (Å²) >= 11 is 0. The molecule has 0 radical (unpaired) electrons. The van der Waals surface area contributed by atoms with E-state index in [2.05, 4.69) is 4.74 Å². The first-order valence-corrected chi connectivity index (χ1v) is 10.4. The highest BCUT2D eigenvalue weighted by atomic mass is 32.2. The Balaban J connectivity index is 1.68. The van der Waals surface area contributed by atoms with E-state index < -0.39 is 50.9 Å². The first kappa shape index (κ1) is 22.7. The van der Waals surface area contributed by atoms with Crippen molar-refractivity contribution < 1.29 is 55.0 Å². The van der Waals surface area contributed by atoms with Crippen LogP contribution in [0.3, 0.4) is 0 Å². The summed E-state index contributed by atoms with van der Waals surface area (Å²) in [6.45, 7) is -1.04. The van der Waals surface area contributed by atoms with Crippen LogP contribution in [0.2, 0.25) is 0 Å². The van der Waals surface area contributed by atoms with E-state index in [1.165, 1.54) is 0 Å². The number of carbonyl (C=O) groups is 1. The lowest BCUT2D eigenvalue weighted by molar-refractivity contribution is -0.328. The van der Waals surface area contributed by atoms with Gasteiger partial charge in [-0.2, -0.15) is 26.0 Å². The molecule has 0 heterocycles. The van der Waals surface area contributed by atoms with Crippen LogP contribution < -0.4 is 0 Å². The van der Waals surface area contributed by atoms with Crippen LogP contribution in [0.5, 0.6) is 0 Å². The van der Waals surface area contributed by atoms with Crippen molar-refractivity contribution in [2.24, 2.45) is 11.8 Å². The van der Waals surface area contributed by atoms with Gasteiger partial charge >= 0.3 is 27.5 Å². The van der Waals surface area contributed by atoms with Gasteiger partial charge in [-0.15, -0.1) is 0 Å². The fourth-order valence-electron chi connectivity index (χ4n) is 5.08. The number of carbonyl (C=O) groups excluding carboxylic acids is 1. The average molecular weight is 450 g/mol. The quantitative estimate of drug-likeness (QED) is 0.302. The third-order valence-corrected chi connectivity index (χ3v) is 6.81. The zero-order valence-electron chi connectivity index (χ0n) is 15.4. The van der Waals surface area contributed by atoms with Gasteiger partial charge in [-0.05, 0) is 50.9 Å². The first-order chi connectivity index (χ1) is 12.9. The molecule has 4 fully saturated rings. The number of rotatable bonds is 7. The summed E-state index contributed by atoms with van der Waals surface area (Å²) in [5.41, 5.74) is -4.93. The van der Waals surface area contributed by atoms with Crippen molar-refractivity contribution in [3.8, 4) is 0 Å². The maximum atomic E-state index is 13.5. The van der Waals surface area contributed by atoms with Gasteiger partial charge in [-0.3, -0.25) is 4.55 Å². The molecule has 0 aromatic rings. The minimum absolute atomic E-state index is 0.105. The lowest BCUT2D eigenvalue weighted by atomic mass is 9.52. The fraction of sp³-hybridized carbons (Fsp3) is 0.938. The molecule has 8 nitrogen and oxygen atoms in total. The van der Waals surface area contributed by atoms with E-state index in [-0.39, 0.29) is 18.3 Å². The van der Waals surface area contributed by atoms with Crippen molar-refractivity contribution in [3.63, 3.8) is 0 Å². The van der Waals surface area contributed by atoms with Gasteiger partial charge in [0.15, 0.2) is 5.60 Å². The van der Waals surface area contributed by atoms with E-state index in [9.17, 15) is 41.0 Å². The zero-order chi connectivity index (χ0) is 22.1. The standard InChI is InChI=1S/C16H22F4O8S/c1-12(22,8-27-15(17,18)16(19,20)29(24,25)26)11(21)28-14-5-9-2-10(6-14)4-13(23,3-9)7-14/h9-10,22-23H,2-8H2,1H3,(H,24,25,26). The highest BCUT2D eigenvalue weighted by Gasteiger charge is 2.68. The molecule has 4 aliphatic carbocycles. The summed E-state index contributed by atoms with van der Waals surface area (Å²) in [5, 5.41) is 14.7. The number of aliphatic hydroxyl groups is 2. The molecule has 0 aromatic heterocycles. The van der Waals surface area contributed by atoms with E-state index >= 15 is 0 Å². The molecule has 0 aromatic carbocycles. The second-order valence-electron chi connectivity index (χ2n) is 8.83. The Morgan fingerprint density at radius 2 is 1.66 bits per heavy atom. The SMILES string of the molecule is CC(O)(COC(F)(F)C(F)(F)S(=O)(=O)O)C(=O)OC12CC3CC(CC(O)(C3)C1)C2. The smallest absolute Gasteiger partial charge is 0.457 e. The largest absolute Gasteiger partial charge is 0.459 e. The van der Waals surface area contributed by atoms with Crippen molar-refractivity contribution in [2.45, 2.75) is 73.6 Å². The van der Waals surface area contributed by atoms with Crippen molar-refractivity contribution >= 4 is 16.1 Å². The molecule has 4 bridgehead atoms. The fourth-order valence-corrected chi connectivity index (χ4v) is 5.44. The Labute approximate surface area is 163 Å². The second-order valence-corrected chi connectivity index (χ2v) is 10.3. The summed E-state index contributed by atoms with van der Waals surface area (Å²) in [7, 11) is -6.53. The summed E-state index contributed by atoms with van der Waals surface area (Å²) in [5.74, 6) is -1.21. The number of hydrogen-bond acceptors (Lipinski definition) is 7. The highest BCUT2D eigenvalue weighted by molar-refractivity contribution is 7.86. The molecule has 0 aliphatic heterocycles. The maximum absolute atomic E-state index is 13.5. The van der Waals surface area contributed by atoms with Crippen molar-refractivity contribution in [3.05, 3.63) is 0 Å². The molecule has 3 N–H and O–H groups in total. The molecule has 4 rings (SSSR count). The molecular weight excluding hydrogens is 428 g/mol. The van der Waals surface area contributed by atoms with Crippen molar-refractivity contribution in [2.75, 3.05) is 6.61 Å². The summed E-state index contributed by atoms with van der Waals surface area (Å²) in [6.07, 6.45) is -2.79. The second kappa shape index (κ2) is 6.49. The lowest BCUT2D eigenvalue weighted by Crippen LogP contribution is -2.62. The van der Waals surface area contributed by atoms with Gasteiger partial charge in [-0.1, -0.05) is 0 Å². The summed E-state index contributed by atoms with van der Waals surface area (Å²) < 4.78 is 91.4. The molecule has 0 spiro atoms. The van der Waals surface area contributed by atoms with Crippen LogP contribution >= 0.6 is 0 Å². The van der Waals surface area contributed by atoms with Gasteiger partial charge < -0.3 is 19.7 Å². The Bertz CT molecular complexity index is 783. The third-order valence-electron chi connectivity index (χ3n) is 5.92. The van der Waals surface area contributed by atoms with Gasteiger partial charge in [0, 0.05) is 6.42 Å². The first-order valence-electron chi connectivity index (χ1n) is 8.95.